The number of fused-ring (bicyclic) bond motifs is 5. The lowest BCUT2D eigenvalue weighted by Crippen LogP contribution is -2.28. The lowest BCUT2D eigenvalue weighted by atomic mass is 9.67. The van der Waals surface area contributed by atoms with Gasteiger partial charge >= 0.3 is 11.9 Å². The molecule has 0 radical (unpaired) electrons. The minimum absolute atomic E-state index is 0.207. The summed E-state index contributed by atoms with van der Waals surface area (Å²) in [5.74, 6) is 2.32. The fourth-order valence-electron chi connectivity index (χ4n) is 7.34. The van der Waals surface area contributed by atoms with Crippen LogP contribution in [0.1, 0.15) is 47.9 Å². The number of benzene rings is 6. The van der Waals surface area contributed by atoms with Crippen LogP contribution in [0.15, 0.2) is 121 Å². The normalized spacial score (nSPS) is 12.6. The Bertz CT molecular complexity index is 2090. The third-order valence-electron chi connectivity index (χ3n) is 9.75. The average Bonchev–Trinajstić information content (AvgIpc) is 3.50. The summed E-state index contributed by atoms with van der Waals surface area (Å²) in [7, 11) is 0. The standard InChI is InChI=1S/C45H42O6S2/c46-43(11-5-25-52)50-23-21-48-37-19-15-31-27-35(17-13-33(31)29-37)45(41-9-3-1-7-39(41)40-8-2-4-10-42(40)45)36-18-14-34-30-38(20-16-32(34)28-36)49-22-24-51-44(47)12-6-26-53/h1-4,7-10,13-20,27-30,52-53H,5-6,11-12,21-26H2. The molecule has 0 saturated heterocycles. The molecule has 6 aromatic rings. The van der Waals surface area contributed by atoms with E-state index in [4.69, 9.17) is 18.9 Å². The highest BCUT2D eigenvalue weighted by atomic mass is 32.1. The average molecular weight is 743 g/mol. The summed E-state index contributed by atoms with van der Waals surface area (Å²) in [5, 5.41) is 4.32. The van der Waals surface area contributed by atoms with E-state index in [1.165, 1.54) is 33.4 Å². The van der Waals surface area contributed by atoms with E-state index in [0.717, 1.165) is 33.0 Å². The Morgan fingerprint density at radius 1 is 0.491 bits per heavy atom. The molecule has 0 bridgehead atoms. The van der Waals surface area contributed by atoms with Crippen LogP contribution in [0.5, 0.6) is 11.5 Å². The number of rotatable bonds is 16. The lowest BCUT2D eigenvalue weighted by molar-refractivity contribution is -0.145. The van der Waals surface area contributed by atoms with Gasteiger partial charge in [-0.1, -0.05) is 84.9 Å². The van der Waals surface area contributed by atoms with Gasteiger partial charge in [0.05, 0.1) is 5.41 Å². The van der Waals surface area contributed by atoms with Crippen molar-refractivity contribution in [2.24, 2.45) is 0 Å². The maximum atomic E-state index is 11.8. The number of ether oxygens (including phenoxy) is 4. The van der Waals surface area contributed by atoms with Crippen LogP contribution < -0.4 is 9.47 Å². The van der Waals surface area contributed by atoms with Gasteiger partial charge in [0.1, 0.15) is 37.9 Å². The van der Waals surface area contributed by atoms with Crippen LogP contribution in [0.4, 0.5) is 0 Å². The largest absolute Gasteiger partial charge is 0.490 e. The van der Waals surface area contributed by atoms with Gasteiger partial charge in [-0.15, -0.1) is 0 Å². The van der Waals surface area contributed by atoms with Gasteiger partial charge < -0.3 is 18.9 Å². The molecule has 1 aliphatic rings. The minimum Gasteiger partial charge on any atom is -0.490 e. The first-order valence-electron chi connectivity index (χ1n) is 18.1. The first-order valence-corrected chi connectivity index (χ1v) is 19.3. The molecule has 0 fully saturated rings. The second kappa shape index (κ2) is 16.8. The SMILES string of the molecule is O=C(CCCS)OCCOc1ccc2cc(C3(c4ccc5cc(OCCOC(=O)CCCS)ccc5c4)c4ccccc4-c4ccccc43)ccc2c1. The number of hydrogen-bond donors (Lipinski definition) is 2. The highest BCUT2D eigenvalue weighted by Gasteiger charge is 2.46. The molecule has 0 atom stereocenters. The van der Waals surface area contributed by atoms with Crippen LogP contribution in [-0.4, -0.2) is 49.9 Å². The highest BCUT2D eigenvalue weighted by Crippen LogP contribution is 2.56. The number of hydrogen-bond acceptors (Lipinski definition) is 8. The van der Waals surface area contributed by atoms with Crippen molar-refractivity contribution >= 4 is 58.7 Å². The second-order valence-electron chi connectivity index (χ2n) is 13.1. The molecule has 6 nitrogen and oxygen atoms in total. The van der Waals surface area contributed by atoms with Crippen LogP contribution in [0.25, 0.3) is 32.7 Å². The Morgan fingerprint density at radius 3 is 1.36 bits per heavy atom. The summed E-state index contributed by atoms with van der Waals surface area (Å²) in [5.41, 5.74) is 6.73. The number of carbonyl (C=O) groups is 2. The molecule has 7 rings (SSSR count). The van der Waals surface area contributed by atoms with Gasteiger partial charge in [0.15, 0.2) is 0 Å². The summed E-state index contributed by atoms with van der Waals surface area (Å²) < 4.78 is 22.5. The van der Waals surface area contributed by atoms with Crippen molar-refractivity contribution in [1.29, 1.82) is 0 Å². The maximum absolute atomic E-state index is 11.8. The summed E-state index contributed by atoms with van der Waals surface area (Å²) >= 11 is 8.30. The van der Waals surface area contributed by atoms with Crippen LogP contribution in [0.2, 0.25) is 0 Å². The van der Waals surface area contributed by atoms with Gasteiger partial charge in [-0.05, 0) is 116 Å². The second-order valence-corrected chi connectivity index (χ2v) is 14.0. The van der Waals surface area contributed by atoms with Crippen LogP contribution in [-0.2, 0) is 24.5 Å². The van der Waals surface area contributed by atoms with E-state index in [-0.39, 0.29) is 38.4 Å². The van der Waals surface area contributed by atoms with Crippen molar-refractivity contribution in [3.63, 3.8) is 0 Å². The number of carbonyl (C=O) groups excluding carboxylic acids is 2. The third kappa shape index (κ3) is 7.75. The highest BCUT2D eigenvalue weighted by molar-refractivity contribution is 7.80. The van der Waals surface area contributed by atoms with Crippen molar-refractivity contribution in [2.75, 3.05) is 37.9 Å². The van der Waals surface area contributed by atoms with Crippen molar-refractivity contribution in [3.8, 4) is 22.6 Å². The zero-order valence-corrected chi connectivity index (χ0v) is 31.3. The van der Waals surface area contributed by atoms with E-state index in [2.05, 4.69) is 122 Å². The number of thiol groups is 2. The Kier molecular flexibility index (Phi) is 11.6. The maximum Gasteiger partial charge on any atom is 0.305 e. The molecule has 6 aromatic carbocycles. The molecule has 0 heterocycles. The van der Waals surface area contributed by atoms with Gasteiger partial charge in [0, 0.05) is 12.8 Å². The predicted molar refractivity (Wildman–Crippen MR) is 218 cm³/mol. The Balaban J connectivity index is 1.19. The summed E-state index contributed by atoms with van der Waals surface area (Å²) in [6, 6.07) is 43.1. The quantitative estimate of drug-likeness (QED) is 0.0584. The Morgan fingerprint density at radius 2 is 0.906 bits per heavy atom. The third-order valence-corrected chi connectivity index (χ3v) is 10.4. The van der Waals surface area contributed by atoms with Crippen LogP contribution >= 0.6 is 25.3 Å². The fourth-order valence-corrected chi connectivity index (χ4v) is 7.65. The minimum atomic E-state index is -0.562. The van der Waals surface area contributed by atoms with E-state index in [9.17, 15) is 9.59 Å². The lowest BCUT2D eigenvalue weighted by Gasteiger charge is -2.34. The topological polar surface area (TPSA) is 71.1 Å². The Labute approximate surface area is 321 Å². The molecule has 0 spiro atoms. The van der Waals surface area contributed by atoms with E-state index < -0.39 is 5.41 Å². The summed E-state index contributed by atoms with van der Waals surface area (Å²) in [4.78, 5) is 23.7. The van der Waals surface area contributed by atoms with Gasteiger partial charge in [0.25, 0.3) is 0 Å². The van der Waals surface area contributed by atoms with Gasteiger partial charge in [-0.2, -0.15) is 25.3 Å². The zero-order valence-electron chi connectivity index (χ0n) is 29.5. The van der Waals surface area contributed by atoms with Crippen LogP contribution in [0.3, 0.4) is 0 Å². The monoisotopic (exact) mass is 742 g/mol. The van der Waals surface area contributed by atoms with Crippen molar-refractivity contribution < 1.29 is 28.5 Å². The Hall–Kier alpha value is -4.92. The predicted octanol–water partition coefficient (Wildman–Crippen LogP) is 9.62. The van der Waals surface area contributed by atoms with E-state index in [1.807, 2.05) is 24.3 Å². The molecule has 0 saturated carbocycles. The molecular formula is C45H42O6S2. The molecule has 270 valence electrons. The van der Waals surface area contributed by atoms with Crippen molar-refractivity contribution in [3.05, 3.63) is 144 Å². The smallest absolute Gasteiger partial charge is 0.305 e. The summed E-state index contributed by atoms with van der Waals surface area (Å²) in [6.07, 6.45) is 2.13. The van der Waals surface area contributed by atoms with Crippen LogP contribution in [0, 0.1) is 0 Å². The van der Waals surface area contributed by atoms with E-state index in [1.54, 1.807) is 0 Å². The molecule has 0 aliphatic heterocycles. The van der Waals surface area contributed by atoms with Crippen molar-refractivity contribution in [2.45, 2.75) is 31.1 Å². The molecule has 1 aliphatic carbocycles. The van der Waals surface area contributed by atoms with Gasteiger partial charge in [-0.3, -0.25) is 9.59 Å². The molecule has 0 N–H and O–H groups in total. The summed E-state index contributed by atoms with van der Waals surface area (Å²) in [6.45, 7) is 0.986. The first-order chi connectivity index (χ1) is 26.0. The molecule has 0 unspecified atom stereocenters. The van der Waals surface area contributed by atoms with Crippen molar-refractivity contribution in [1.82, 2.24) is 0 Å². The van der Waals surface area contributed by atoms with E-state index >= 15 is 0 Å². The molecule has 0 aromatic heterocycles. The molecule has 53 heavy (non-hydrogen) atoms. The van der Waals surface area contributed by atoms with Gasteiger partial charge in [0.2, 0.25) is 0 Å². The molecule has 8 heteroatoms. The molecule has 0 amide bonds. The van der Waals surface area contributed by atoms with E-state index in [0.29, 0.717) is 37.2 Å². The number of esters is 2. The fraction of sp³-hybridized carbons (Fsp3) is 0.244. The molecular weight excluding hydrogens is 701 g/mol. The van der Waals surface area contributed by atoms with Gasteiger partial charge in [-0.25, -0.2) is 0 Å². The first kappa shape index (κ1) is 36.4. The zero-order chi connectivity index (χ0) is 36.6.